The lowest BCUT2D eigenvalue weighted by Crippen LogP contribution is -2.35. The zero-order valence-corrected chi connectivity index (χ0v) is 16.2. The second-order valence-electron chi connectivity index (χ2n) is 7.45. The molecule has 1 aromatic carbocycles. The number of imide groups is 1. The molecule has 3 rings (SSSR count). The Morgan fingerprint density at radius 3 is 2.19 bits per heavy atom. The first-order valence-electron chi connectivity index (χ1n) is 10.2. The molecule has 27 heavy (non-hydrogen) atoms. The quantitative estimate of drug-likeness (QED) is 0.478. The maximum Gasteiger partial charge on any atom is 0.277 e. The van der Waals surface area contributed by atoms with E-state index in [1.165, 1.54) is 36.3 Å². The highest BCUT2D eigenvalue weighted by atomic mass is 19.1. The van der Waals surface area contributed by atoms with Crippen molar-refractivity contribution in [2.45, 2.75) is 58.3 Å². The maximum atomic E-state index is 13.3. The first kappa shape index (κ1) is 19.6. The van der Waals surface area contributed by atoms with Gasteiger partial charge in [0, 0.05) is 19.6 Å². The van der Waals surface area contributed by atoms with Crippen molar-refractivity contribution in [3.05, 3.63) is 41.3 Å². The van der Waals surface area contributed by atoms with E-state index in [1.807, 2.05) is 4.90 Å². The highest BCUT2D eigenvalue weighted by molar-refractivity contribution is 6.35. The molecule has 0 saturated carbocycles. The van der Waals surface area contributed by atoms with Gasteiger partial charge in [-0.2, -0.15) is 0 Å². The van der Waals surface area contributed by atoms with E-state index >= 15 is 0 Å². The Morgan fingerprint density at radius 1 is 0.889 bits per heavy atom. The SMILES string of the molecule is CCCCCCCCN1C(=O)C(c2ccc(F)cc2)=C(N2CCCC2)C1=O. The molecule has 2 aliphatic rings. The largest absolute Gasteiger partial charge is 0.366 e. The number of likely N-dealkylation sites (tertiary alicyclic amines) is 1. The number of hydrogen-bond acceptors (Lipinski definition) is 3. The molecule has 5 heteroatoms. The standard InChI is InChI=1S/C22H29FN2O2/c1-2-3-4-5-6-7-16-25-21(26)19(17-10-12-18(23)13-11-17)20(22(25)27)24-14-8-9-15-24/h10-13H,2-9,14-16H2,1H3. The summed E-state index contributed by atoms with van der Waals surface area (Å²) in [5.41, 5.74) is 1.57. The third-order valence-electron chi connectivity index (χ3n) is 5.43. The van der Waals surface area contributed by atoms with Crippen molar-refractivity contribution in [2.24, 2.45) is 0 Å². The van der Waals surface area contributed by atoms with Gasteiger partial charge in [0.05, 0.1) is 5.57 Å². The summed E-state index contributed by atoms with van der Waals surface area (Å²) >= 11 is 0. The average Bonchev–Trinajstić information content (AvgIpc) is 3.27. The molecule has 0 N–H and O–H groups in total. The van der Waals surface area contributed by atoms with Crippen molar-refractivity contribution in [1.29, 1.82) is 0 Å². The number of halogens is 1. The summed E-state index contributed by atoms with van der Waals surface area (Å²) in [4.78, 5) is 29.5. The van der Waals surface area contributed by atoms with Crippen molar-refractivity contribution < 1.29 is 14.0 Å². The molecule has 1 fully saturated rings. The number of unbranched alkanes of at least 4 members (excludes halogenated alkanes) is 5. The third kappa shape index (κ3) is 4.40. The van der Waals surface area contributed by atoms with Gasteiger partial charge < -0.3 is 4.90 Å². The van der Waals surface area contributed by atoms with Gasteiger partial charge in [0.2, 0.25) is 0 Å². The summed E-state index contributed by atoms with van der Waals surface area (Å²) < 4.78 is 13.3. The first-order valence-corrected chi connectivity index (χ1v) is 10.2. The number of benzene rings is 1. The molecule has 0 aromatic heterocycles. The molecule has 146 valence electrons. The molecule has 4 nitrogen and oxygen atoms in total. The van der Waals surface area contributed by atoms with Crippen LogP contribution in [0.3, 0.4) is 0 Å². The Morgan fingerprint density at radius 2 is 1.52 bits per heavy atom. The van der Waals surface area contributed by atoms with Crippen molar-refractivity contribution in [3.8, 4) is 0 Å². The van der Waals surface area contributed by atoms with Gasteiger partial charge >= 0.3 is 0 Å². The van der Waals surface area contributed by atoms with E-state index in [1.54, 1.807) is 12.1 Å². The van der Waals surface area contributed by atoms with E-state index < -0.39 is 0 Å². The molecule has 0 atom stereocenters. The van der Waals surface area contributed by atoms with Gasteiger partial charge in [0.25, 0.3) is 11.8 Å². The fraction of sp³-hybridized carbons (Fsp3) is 0.545. The van der Waals surface area contributed by atoms with E-state index in [4.69, 9.17) is 0 Å². The smallest absolute Gasteiger partial charge is 0.277 e. The molecule has 0 spiro atoms. The Labute approximate surface area is 161 Å². The van der Waals surface area contributed by atoms with Crippen LogP contribution >= 0.6 is 0 Å². The van der Waals surface area contributed by atoms with Gasteiger partial charge in [-0.15, -0.1) is 0 Å². The number of rotatable bonds is 9. The van der Waals surface area contributed by atoms with Gasteiger partial charge in [0.15, 0.2) is 0 Å². The Kier molecular flexibility index (Phi) is 6.64. The molecule has 1 aromatic rings. The number of carbonyl (C=O) groups is 2. The minimum atomic E-state index is -0.345. The third-order valence-corrected chi connectivity index (χ3v) is 5.43. The lowest BCUT2D eigenvalue weighted by Gasteiger charge is -2.20. The highest BCUT2D eigenvalue weighted by Gasteiger charge is 2.41. The van der Waals surface area contributed by atoms with E-state index in [2.05, 4.69) is 6.92 Å². The predicted octanol–water partition coefficient (Wildman–Crippen LogP) is 4.36. The van der Waals surface area contributed by atoms with Crippen LogP contribution in [-0.4, -0.2) is 41.2 Å². The van der Waals surface area contributed by atoms with E-state index in [9.17, 15) is 14.0 Å². The van der Waals surface area contributed by atoms with E-state index in [0.717, 1.165) is 45.2 Å². The van der Waals surface area contributed by atoms with Crippen molar-refractivity contribution in [2.75, 3.05) is 19.6 Å². The second-order valence-corrected chi connectivity index (χ2v) is 7.45. The summed E-state index contributed by atoms with van der Waals surface area (Å²) in [5, 5.41) is 0. The van der Waals surface area contributed by atoms with Crippen LogP contribution in [0, 0.1) is 5.82 Å². The van der Waals surface area contributed by atoms with Gasteiger partial charge in [-0.05, 0) is 37.0 Å². The number of hydrogen-bond donors (Lipinski definition) is 0. The lowest BCUT2D eigenvalue weighted by atomic mass is 10.0. The van der Waals surface area contributed by atoms with Gasteiger partial charge in [-0.25, -0.2) is 4.39 Å². The molecule has 2 heterocycles. The topological polar surface area (TPSA) is 40.6 Å². The average molecular weight is 372 g/mol. The lowest BCUT2D eigenvalue weighted by molar-refractivity contribution is -0.137. The van der Waals surface area contributed by atoms with Crippen LogP contribution in [0.2, 0.25) is 0 Å². The Hall–Kier alpha value is -2.17. The Bertz CT molecular complexity index is 706. The van der Waals surface area contributed by atoms with Crippen LogP contribution in [0.4, 0.5) is 4.39 Å². The molecule has 1 saturated heterocycles. The molecule has 0 aliphatic carbocycles. The van der Waals surface area contributed by atoms with Crippen LogP contribution in [0.1, 0.15) is 63.9 Å². The van der Waals surface area contributed by atoms with E-state index in [-0.39, 0.29) is 17.6 Å². The minimum absolute atomic E-state index is 0.185. The summed E-state index contributed by atoms with van der Waals surface area (Å²) in [5.74, 6) is -0.764. The van der Waals surface area contributed by atoms with Crippen LogP contribution < -0.4 is 0 Å². The highest BCUT2D eigenvalue weighted by Crippen LogP contribution is 2.33. The summed E-state index contributed by atoms with van der Waals surface area (Å²) in [7, 11) is 0. The first-order chi connectivity index (χ1) is 13.1. The molecule has 0 unspecified atom stereocenters. The van der Waals surface area contributed by atoms with Crippen LogP contribution in [0.15, 0.2) is 30.0 Å². The molecule has 2 amide bonds. The maximum absolute atomic E-state index is 13.3. The molecule has 0 radical (unpaired) electrons. The van der Waals surface area contributed by atoms with Crippen LogP contribution in [0.25, 0.3) is 5.57 Å². The van der Waals surface area contributed by atoms with Crippen molar-refractivity contribution >= 4 is 17.4 Å². The number of amides is 2. The summed E-state index contributed by atoms with van der Waals surface area (Å²) in [6, 6.07) is 5.89. The zero-order chi connectivity index (χ0) is 19.2. The van der Waals surface area contributed by atoms with Crippen molar-refractivity contribution in [3.63, 3.8) is 0 Å². The number of nitrogens with zero attached hydrogens (tertiary/aromatic N) is 2. The van der Waals surface area contributed by atoms with Gasteiger partial charge in [-0.3, -0.25) is 14.5 Å². The summed E-state index contributed by atoms with van der Waals surface area (Å²) in [6.45, 7) is 4.24. The Balaban J connectivity index is 1.76. The van der Waals surface area contributed by atoms with Crippen molar-refractivity contribution in [1.82, 2.24) is 9.80 Å². The van der Waals surface area contributed by atoms with Crippen LogP contribution in [-0.2, 0) is 9.59 Å². The zero-order valence-electron chi connectivity index (χ0n) is 16.2. The minimum Gasteiger partial charge on any atom is -0.366 e. The molecular formula is C22H29FN2O2. The van der Waals surface area contributed by atoms with Gasteiger partial charge in [-0.1, -0.05) is 51.2 Å². The fourth-order valence-electron chi connectivity index (χ4n) is 3.93. The number of carbonyl (C=O) groups excluding carboxylic acids is 2. The predicted molar refractivity (Wildman–Crippen MR) is 104 cm³/mol. The monoisotopic (exact) mass is 372 g/mol. The molecular weight excluding hydrogens is 343 g/mol. The molecule has 0 bridgehead atoms. The normalized spacial score (nSPS) is 17.6. The fourth-order valence-corrected chi connectivity index (χ4v) is 3.93. The second kappa shape index (κ2) is 9.16. The van der Waals surface area contributed by atoms with E-state index in [0.29, 0.717) is 23.4 Å². The van der Waals surface area contributed by atoms with Gasteiger partial charge in [0.1, 0.15) is 11.5 Å². The summed E-state index contributed by atoms with van der Waals surface area (Å²) in [6.07, 6.45) is 8.70. The molecule has 2 aliphatic heterocycles. The van der Waals surface area contributed by atoms with Crippen LogP contribution in [0.5, 0.6) is 0 Å².